The smallest absolute Gasteiger partial charge is 0.401 e. The molecule has 1 amide bonds. The zero-order chi connectivity index (χ0) is 25.3. The summed E-state index contributed by atoms with van der Waals surface area (Å²) < 4.78 is 41.8. The van der Waals surface area contributed by atoms with Gasteiger partial charge in [-0.1, -0.05) is 36.9 Å². The number of alkyl halides is 3. The van der Waals surface area contributed by atoms with E-state index >= 15 is 0 Å². The van der Waals surface area contributed by atoms with Crippen molar-refractivity contribution in [2.45, 2.75) is 26.1 Å². The van der Waals surface area contributed by atoms with Crippen LogP contribution >= 0.6 is 11.3 Å². The van der Waals surface area contributed by atoms with Gasteiger partial charge in [0, 0.05) is 17.0 Å². The lowest BCUT2D eigenvalue weighted by Crippen LogP contribution is -2.28. The molecule has 0 radical (unpaired) electrons. The molecule has 2 heterocycles. The largest absolute Gasteiger partial charge is 0.416 e. The number of nitrogens with zero attached hydrogens (tertiary/aromatic N) is 2. The first-order chi connectivity index (χ1) is 16.6. The number of amides is 1. The fraction of sp³-hybridized carbons (Fsp3) is 0.200. The highest BCUT2D eigenvalue weighted by Gasteiger charge is 2.30. The van der Waals surface area contributed by atoms with E-state index in [-0.39, 0.29) is 17.8 Å². The number of aliphatic hydroxyl groups is 1. The van der Waals surface area contributed by atoms with Crippen molar-refractivity contribution in [1.29, 1.82) is 0 Å². The van der Waals surface area contributed by atoms with Crippen molar-refractivity contribution in [2.24, 2.45) is 5.73 Å². The summed E-state index contributed by atoms with van der Waals surface area (Å²) in [6.45, 7) is 4.95. The predicted octanol–water partition coefficient (Wildman–Crippen LogP) is 4.70. The molecular weight excluding hydrogens is 477 g/mol. The summed E-state index contributed by atoms with van der Waals surface area (Å²) in [5.74, 6) is -0.423. The summed E-state index contributed by atoms with van der Waals surface area (Å²) in [5.41, 5.74) is 7.44. The van der Waals surface area contributed by atoms with Crippen molar-refractivity contribution in [1.82, 2.24) is 15.1 Å². The molecule has 0 fully saturated rings. The number of benzene rings is 2. The Bertz CT molecular complexity index is 1420. The Balaban J connectivity index is 1.72. The first-order valence-corrected chi connectivity index (χ1v) is 11.5. The van der Waals surface area contributed by atoms with Gasteiger partial charge >= 0.3 is 6.18 Å². The van der Waals surface area contributed by atoms with E-state index in [0.29, 0.717) is 29.1 Å². The standard InChI is InChI=1S/C25H23F3N4O2S/c1-14(29)12-30-24(34)22-15(2)32(31-20(22)13-33)21-8-4-6-17-11-19(35-23(17)21)10-16-5-3-7-18(9-16)25(26,27)28/h3-9,11,33H,1,10,12-13,29H2,2H3,(H,30,34). The van der Waals surface area contributed by atoms with Crippen molar-refractivity contribution in [2.75, 3.05) is 6.54 Å². The lowest BCUT2D eigenvalue weighted by atomic mass is 10.1. The summed E-state index contributed by atoms with van der Waals surface area (Å²) in [6.07, 6.45) is -4.05. The van der Waals surface area contributed by atoms with Gasteiger partial charge in [0.05, 0.1) is 40.4 Å². The number of thiophene rings is 1. The van der Waals surface area contributed by atoms with Gasteiger partial charge in [0.2, 0.25) is 0 Å². The van der Waals surface area contributed by atoms with E-state index in [2.05, 4.69) is 17.0 Å². The van der Waals surface area contributed by atoms with Crippen molar-refractivity contribution in [3.8, 4) is 5.69 Å². The third kappa shape index (κ3) is 5.08. The Labute approximate surface area is 203 Å². The van der Waals surface area contributed by atoms with Crippen LogP contribution in [-0.4, -0.2) is 27.3 Å². The molecule has 0 aliphatic carbocycles. The van der Waals surface area contributed by atoms with Crippen molar-refractivity contribution < 1.29 is 23.1 Å². The summed E-state index contributed by atoms with van der Waals surface area (Å²) in [4.78, 5) is 13.6. The fourth-order valence-corrected chi connectivity index (χ4v) is 5.09. The van der Waals surface area contributed by atoms with Gasteiger partial charge in [0.15, 0.2) is 0 Å². The monoisotopic (exact) mass is 500 g/mol. The van der Waals surface area contributed by atoms with E-state index in [4.69, 9.17) is 5.73 Å². The third-order valence-corrected chi connectivity index (χ3v) is 6.65. The minimum Gasteiger partial charge on any atom is -0.401 e. The summed E-state index contributed by atoms with van der Waals surface area (Å²) in [6, 6.07) is 12.8. The van der Waals surface area contributed by atoms with Gasteiger partial charge in [-0.05, 0) is 36.1 Å². The number of aromatic nitrogens is 2. The quantitative estimate of drug-likeness (QED) is 0.343. The Kier molecular flexibility index (Phi) is 6.68. The molecule has 10 heteroatoms. The highest BCUT2D eigenvalue weighted by atomic mass is 32.1. The normalized spacial score (nSPS) is 11.7. The van der Waals surface area contributed by atoms with E-state index in [1.165, 1.54) is 17.4 Å². The van der Waals surface area contributed by atoms with Crippen LogP contribution in [0, 0.1) is 6.92 Å². The number of rotatable bonds is 7. The fourth-order valence-electron chi connectivity index (χ4n) is 3.90. The lowest BCUT2D eigenvalue weighted by molar-refractivity contribution is -0.137. The second-order valence-electron chi connectivity index (χ2n) is 8.10. The van der Waals surface area contributed by atoms with Crippen molar-refractivity contribution in [3.05, 3.63) is 93.8 Å². The van der Waals surface area contributed by atoms with Gasteiger partial charge in [0.1, 0.15) is 5.69 Å². The number of hydrogen-bond acceptors (Lipinski definition) is 5. The van der Waals surface area contributed by atoms with E-state index in [0.717, 1.165) is 27.1 Å². The number of nitrogens with one attached hydrogen (secondary N) is 1. The maximum atomic E-state index is 13.1. The zero-order valence-corrected chi connectivity index (χ0v) is 19.6. The average molecular weight is 501 g/mol. The molecule has 0 unspecified atom stereocenters. The van der Waals surface area contributed by atoms with E-state index in [9.17, 15) is 23.1 Å². The molecule has 0 aliphatic heterocycles. The molecule has 35 heavy (non-hydrogen) atoms. The second-order valence-corrected chi connectivity index (χ2v) is 9.24. The van der Waals surface area contributed by atoms with Crippen LogP contribution in [0.1, 0.15) is 37.7 Å². The third-order valence-electron chi connectivity index (χ3n) is 5.48. The van der Waals surface area contributed by atoms with Crippen LogP contribution in [0.3, 0.4) is 0 Å². The van der Waals surface area contributed by atoms with Crippen molar-refractivity contribution in [3.63, 3.8) is 0 Å². The number of carbonyl (C=O) groups excluding carboxylic acids is 1. The molecule has 0 saturated heterocycles. The molecule has 0 spiro atoms. The average Bonchev–Trinajstić information content (AvgIpc) is 3.37. The maximum Gasteiger partial charge on any atom is 0.416 e. The minimum atomic E-state index is -4.40. The number of aliphatic hydroxyl groups excluding tert-OH is 1. The van der Waals surface area contributed by atoms with Crippen LogP contribution < -0.4 is 11.1 Å². The highest BCUT2D eigenvalue weighted by molar-refractivity contribution is 7.19. The lowest BCUT2D eigenvalue weighted by Gasteiger charge is -2.08. The van der Waals surface area contributed by atoms with Crippen LogP contribution in [0.5, 0.6) is 0 Å². The molecule has 0 bridgehead atoms. The Morgan fingerprint density at radius 3 is 2.66 bits per heavy atom. The molecule has 4 N–H and O–H groups in total. The van der Waals surface area contributed by atoms with Crippen LogP contribution in [-0.2, 0) is 19.2 Å². The van der Waals surface area contributed by atoms with Gasteiger partial charge in [-0.2, -0.15) is 18.3 Å². The second kappa shape index (κ2) is 9.55. The number of nitrogens with two attached hydrogens (primary N) is 1. The highest BCUT2D eigenvalue weighted by Crippen LogP contribution is 2.35. The predicted molar refractivity (Wildman–Crippen MR) is 130 cm³/mol. The molecule has 0 aliphatic rings. The topological polar surface area (TPSA) is 93.2 Å². The van der Waals surface area contributed by atoms with E-state index < -0.39 is 24.3 Å². The Morgan fingerprint density at radius 2 is 1.97 bits per heavy atom. The first kappa shape index (κ1) is 24.5. The minimum absolute atomic E-state index is 0.0910. The zero-order valence-electron chi connectivity index (χ0n) is 18.8. The molecule has 182 valence electrons. The van der Waals surface area contributed by atoms with Gasteiger partial charge in [-0.3, -0.25) is 4.79 Å². The summed E-state index contributed by atoms with van der Waals surface area (Å²) >= 11 is 1.45. The number of fused-ring (bicyclic) bond motifs is 1. The van der Waals surface area contributed by atoms with Crippen molar-refractivity contribution >= 4 is 27.3 Å². The first-order valence-electron chi connectivity index (χ1n) is 10.7. The molecular formula is C25H23F3N4O2S. The Morgan fingerprint density at radius 1 is 1.23 bits per heavy atom. The molecule has 0 atom stereocenters. The van der Waals surface area contributed by atoms with Gasteiger partial charge in [-0.25, -0.2) is 4.68 Å². The maximum absolute atomic E-state index is 13.1. The molecule has 6 nitrogen and oxygen atoms in total. The molecule has 4 rings (SSSR count). The van der Waals surface area contributed by atoms with Crippen LogP contribution in [0.15, 0.2) is 60.8 Å². The summed E-state index contributed by atoms with van der Waals surface area (Å²) in [7, 11) is 0. The van der Waals surface area contributed by atoms with Gasteiger partial charge in [0.25, 0.3) is 5.91 Å². The van der Waals surface area contributed by atoms with Crippen LogP contribution in [0.2, 0.25) is 0 Å². The van der Waals surface area contributed by atoms with Crippen LogP contribution in [0.4, 0.5) is 13.2 Å². The SMILES string of the molecule is C=C(N)CNC(=O)c1c(CO)nn(-c2cccc3cc(Cc4cccc(C(F)(F)F)c4)sc23)c1C. The summed E-state index contributed by atoms with van der Waals surface area (Å²) in [5, 5.41) is 17.8. The van der Waals surface area contributed by atoms with Gasteiger partial charge in [-0.15, -0.1) is 11.3 Å². The van der Waals surface area contributed by atoms with Crippen LogP contribution in [0.25, 0.3) is 15.8 Å². The van der Waals surface area contributed by atoms with E-state index in [1.807, 2.05) is 24.3 Å². The number of hydrogen-bond donors (Lipinski definition) is 3. The van der Waals surface area contributed by atoms with Gasteiger partial charge < -0.3 is 16.2 Å². The number of halogens is 3. The number of carbonyl (C=O) groups is 1. The van der Waals surface area contributed by atoms with E-state index in [1.54, 1.807) is 17.7 Å². The molecule has 2 aromatic heterocycles. The molecule has 2 aromatic carbocycles. The Hall–Kier alpha value is -3.63. The molecule has 4 aromatic rings. The molecule has 0 saturated carbocycles.